The van der Waals surface area contributed by atoms with Crippen LogP contribution in [0.3, 0.4) is 0 Å². The van der Waals surface area contributed by atoms with Crippen molar-refractivity contribution < 1.29 is 19.4 Å². The number of carbonyl (C=O) groups excluding carboxylic acids is 2. The second-order valence-electron chi connectivity index (χ2n) is 8.92. The zero-order chi connectivity index (χ0) is 21.4. The van der Waals surface area contributed by atoms with Gasteiger partial charge in [-0.25, -0.2) is 0 Å². The van der Waals surface area contributed by atoms with Crippen molar-refractivity contribution in [1.29, 1.82) is 0 Å². The predicted molar refractivity (Wildman–Crippen MR) is 116 cm³/mol. The first-order chi connectivity index (χ1) is 14.4. The summed E-state index contributed by atoms with van der Waals surface area (Å²) in [6.07, 6.45) is 6.73. The smallest absolute Gasteiger partial charge is 0.233 e. The van der Waals surface area contributed by atoms with Gasteiger partial charge in [0, 0.05) is 13.0 Å². The van der Waals surface area contributed by atoms with Crippen molar-refractivity contribution in [1.82, 2.24) is 4.90 Å². The molecule has 2 amide bonds. The first-order valence-electron chi connectivity index (χ1n) is 11.0. The molecule has 0 bridgehead atoms. The van der Waals surface area contributed by atoms with Crippen LogP contribution in [-0.2, 0) is 14.3 Å². The predicted octanol–water partition coefficient (Wildman–Crippen LogP) is 4.32. The minimum Gasteiger partial charge on any atom is -0.508 e. The summed E-state index contributed by atoms with van der Waals surface area (Å²) >= 11 is 0. The van der Waals surface area contributed by atoms with Gasteiger partial charge >= 0.3 is 0 Å². The molecule has 5 nitrogen and oxygen atoms in total. The highest BCUT2D eigenvalue weighted by Crippen LogP contribution is 2.49. The van der Waals surface area contributed by atoms with Crippen LogP contribution in [0.5, 0.6) is 5.75 Å². The molecular formula is C25H31NO4. The Hall–Kier alpha value is -2.40. The van der Waals surface area contributed by atoms with E-state index in [0.29, 0.717) is 13.0 Å². The van der Waals surface area contributed by atoms with Crippen LogP contribution in [0.15, 0.2) is 41.0 Å². The van der Waals surface area contributed by atoms with Crippen molar-refractivity contribution in [3.8, 4) is 5.75 Å². The fourth-order valence-corrected chi connectivity index (χ4v) is 5.54. The van der Waals surface area contributed by atoms with Gasteiger partial charge in [-0.3, -0.25) is 14.5 Å². The molecule has 0 aromatic heterocycles. The van der Waals surface area contributed by atoms with E-state index < -0.39 is 0 Å². The van der Waals surface area contributed by atoms with Gasteiger partial charge in [-0.1, -0.05) is 42.7 Å². The number of carbonyl (C=O) groups is 2. The maximum absolute atomic E-state index is 12.7. The van der Waals surface area contributed by atoms with E-state index in [-0.39, 0.29) is 41.4 Å². The summed E-state index contributed by atoms with van der Waals surface area (Å²) in [5.74, 6) is -0.213. The molecule has 160 valence electrons. The van der Waals surface area contributed by atoms with Gasteiger partial charge in [-0.2, -0.15) is 0 Å². The Morgan fingerprint density at radius 2 is 2.03 bits per heavy atom. The van der Waals surface area contributed by atoms with Crippen molar-refractivity contribution in [2.75, 3.05) is 13.7 Å². The molecule has 2 heterocycles. The molecule has 3 aliphatic rings. The van der Waals surface area contributed by atoms with Crippen molar-refractivity contribution in [3.05, 3.63) is 46.5 Å². The van der Waals surface area contributed by atoms with Crippen LogP contribution in [0.1, 0.15) is 51.5 Å². The third-order valence-electron chi connectivity index (χ3n) is 6.91. The SMILES string of the molecule is CCC/C(=C\c1cccc(O)c1)CC[C@H]1OC[C@H]2C1=C(C)C[C@H]1C(=O)N(C)C(=O)[C@H]12. The van der Waals surface area contributed by atoms with E-state index >= 15 is 0 Å². The second kappa shape index (κ2) is 8.38. The Balaban J connectivity index is 1.50. The molecule has 1 aromatic carbocycles. The standard InChI is InChI=1S/C25H31NO4/c1-4-6-16(12-17-7-5-8-18(27)13-17)9-10-21-22-15(2)11-19-23(20(22)14-30-21)25(29)26(3)24(19)28/h5,7-8,12-13,19-21,23,27H,4,6,9-11,14H2,1-3H3/b16-12+/t19-,20+,21-,23-/m1/s1. The molecule has 1 aliphatic carbocycles. The Labute approximate surface area is 178 Å². The van der Waals surface area contributed by atoms with Gasteiger partial charge in [0.25, 0.3) is 0 Å². The van der Waals surface area contributed by atoms with Crippen molar-refractivity contribution in [2.24, 2.45) is 17.8 Å². The molecular weight excluding hydrogens is 378 g/mol. The number of rotatable bonds is 6. The van der Waals surface area contributed by atoms with E-state index in [1.54, 1.807) is 19.2 Å². The van der Waals surface area contributed by atoms with E-state index in [2.05, 4.69) is 19.9 Å². The van der Waals surface area contributed by atoms with Crippen LogP contribution in [0.4, 0.5) is 0 Å². The first kappa shape index (κ1) is 20.9. The molecule has 30 heavy (non-hydrogen) atoms. The number of fused-ring (bicyclic) bond motifs is 3. The molecule has 4 atom stereocenters. The highest BCUT2D eigenvalue weighted by Gasteiger charge is 2.55. The minimum absolute atomic E-state index is 0.0224. The zero-order valence-corrected chi connectivity index (χ0v) is 18.1. The monoisotopic (exact) mass is 409 g/mol. The number of aromatic hydroxyl groups is 1. The zero-order valence-electron chi connectivity index (χ0n) is 18.1. The molecule has 0 spiro atoms. The van der Waals surface area contributed by atoms with E-state index in [1.165, 1.54) is 21.6 Å². The molecule has 2 saturated heterocycles. The van der Waals surface area contributed by atoms with Crippen LogP contribution in [0.25, 0.3) is 6.08 Å². The molecule has 1 aromatic rings. The third kappa shape index (κ3) is 3.71. The lowest BCUT2D eigenvalue weighted by molar-refractivity contribution is -0.138. The summed E-state index contributed by atoms with van der Waals surface area (Å²) in [7, 11) is 1.61. The summed E-state index contributed by atoms with van der Waals surface area (Å²) in [5, 5.41) is 9.74. The average molecular weight is 410 g/mol. The highest BCUT2D eigenvalue weighted by atomic mass is 16.5. The highest BCUT2D eigenvalue weighted by molar-refractivity contribution is 6.05. The maximum Gasteiger partial charge on any atom is 0.233 e. The Morgan fingerprint density at radius 1 is 1.23 bits per heavy atom. The normalized spacial score (nSPS) is 28.9. The van der Waals surface area contributed by atoms with Crippen LogP contribution in [0.2, 0.25) is 0 Å². The minimum atomic E-state index is -0.246. The number of phenolic OH excluding ortho intramolecular Hbond substituents is 1. The van der Waals surface area contributed by atoms with Gasteiger partial charge in [0.15, 0.2) is 0 Å². The van der Waals surface area contributed by atoms with Crippen LogP contribution < -0.4 is 0 Å². The van der Waals surface area contributed by atoms with Gasteiger partial charge in [0.2, 0.25) is 11.8 Å². The van der Waals surface area contributed by atoms with Crippen LogP contribution in [-0.4, -0.2) is 41.6 Å². The number of hydrogen-bond acceptors (Lipinski definition) is 4. The maximum atomic E-state index is 12.7. The quantitative estimate of drug-likeness (QED) is 0.561. The lowest BCUT2D eigenvalue weighted by Gasteiger charge is -2.30. The molecule has 5 heteroatoms. The Morgan fingerprint density at radius 3 is 2.77 bits per heavy atom. The van der Waals surface area contributed by atoms with E-state index in [1.807, 2.05) is 12.1 Å². The molecule has 0 saturated carbocycles. The summed E-state index contributed by atoms with van der Waals surface area (Å²) in [6, 6.07) is 7.33. The van der Waals surface area contributed by atoms with Crippen molar-refractivity contribution in [2.45, 2.75) is 52.1 Å². The number of benzene rings is 1. The number of hydrogen-bond donors (Lipinski definition) is 1. The number of nitrogens with zero attached hydrogens (tertiary/aromatic N) is 1. The van der Waals surface area contributed by atoms with Gasteiger partial charge in [-0.15, -0.1) is 0 Å². The number of allylic oxidation sites excluding steroid dienone is 2. The van der Waals surface area contributed by atoms with E-state index in [9.17, 15) is 14.7 Å². The molecule has 0 radical (unpaired) electrons. The number of ether oxygens (including phenoxy) is 1. The molecule has 2 aliphatic heterocycles. The van der Waals surface area contributed by atoms with Crippen molar-refractivity contribution >= 4 is 17.9 Å². The van der Waals surface area contributed by atoms with Crippen molar-refractivity contribution in [3.63, 3.8) is 0 Å². The fraction of sp³-hybridized carbons (Fsp3) is 0.520. The average Bonchev–Trinajstić information content (AvgIpc) is 3.23. The van der Waals surface area contributed by atoms with E-state index in [4.69, 9.17) is 4.74 Å². The van der Waals surface area contributed by atoms with Crippen LogP contribution >= 0.6 is 0 Å². The summed E-state index contributed by atoms with van der Waals surface area (Å²) in [4.78, 5) is 26.5. The fourth-order valence-electron chi connectivity index (χ4n) is 5.54. The van der Waals surface area contributed by atoms with Gasteiger partial charge in [-0.05, 0) is 55.9 Å². The summed E-state index contributed by atoms with van der Waals surface area (Å²) < 4.78 is 6.19. The number of amides is 2. The number of imide groups is 1. The second-order valence-corrected chi connectivity index (χ2v) is 8.92. The molecule has 1 N–H and O–H groups in total. The summed E-state index contributed by atoms with van der Waals surface area (Å²) in [5.41, 5.74) is 4.85. The molecule has 2 fully saturated rings. The third-order valence-corrected chi connectivity index (χ3v) is 6.91. The lowest BCUT2D eigenvalue weighted by Crippen LogP contribution is -2.33. The van der Waals surface area contributed by atoms with Gasteiger partial charge in [0.1, 0.15) is 5.75 Å². The Kier molecular flexibility index (Phi) is 5.83. The van der Waals surface area contributed by atoms with E-state index in [0.717, 1.165) is 31.2 Å². The summed E-state index contributed by atoms with van der Waals surface area (Å²) in [6.45, 7) is 4.81. The van der Waals surface area contributed by atoms with Gasteiger partial charge < -0.3 is 9.84 Å². The number of likely N-dealkylation sites (tertiary alicyclic amines) is 1. The van der Waals surface area contributed by atoms with Crippen LogP contribution in [0, 0.1) is 17.8 Å². The lowest BCUT2D eigenvalue weighted by atomic mass is 9.70. The molecule has 4 rings (SSSR count). The largest absolute Gasteiger partial charge is 0.508 e. The first-order valence-corrected chi connectivity index (χ1v) is 11.0. The van der Waals surface area contributed by atoms with Gasteiger partial charge in [0.05, 0.1) is 24.5 Å². The number of phenols is 1. The Bertz CT molecular complexity index is 915. The molecule has 0 unspecified atom stereocenters. The topological polar surface area (TPSA) is 66.8 Å².